The van der Waals surface area contributed by atoms with E-state index in [0.717, 1.165) is 25.2 Å². The Hall–Kier alpha value is -2.65. The zero-order valence-electron chi connectivity index (χ0n) is 19.6. The molecule has 2 fully saturated rings. The number of benzene rings is 3. The third kappa shape index (κ3) is 3.77. The van der Waals surface area contributed by atoms with Gasteiger partial charge in [-0.2, -0.15) is 0 Å². The van der Waals surface area contributed by atoms with E-state index in [4.69, 9.17) is 0 Å². The second kappa shape index (κ2) is 8.61. The lowest BCUT2D eigenvalue weighted by atomic mass is 9.69. The number of hydrogen-bond acceptors (Lipinski definition) is 3. The highest BCUT2D eigenvalue weighted by Gasteiger charge is 2.36. The van der Waals surface area contributed by atoms with Crippen molar-refractivity contribution in [2.24, 2.45) is 0 Å². The summed E-state index contributed by atoms with van der Waals surface area (Å²) in [5, 5.41) is 2.46. The summed E-state index contributed by atoms with van der Waals surface area (Å²) in [4.78, 5) is 17.8. The van der Waals surface area contributed by atoms with Crippen molar-refractivity contribution in [3.63, 3.8) is 0 Å². The van der Waals surface area contributed by atoms with Crippen molar-refractivity contribution in [3.05, 3.63) is 77.4 Å². The summed E-state index contributed by atoms with van der Waals surface area (Å²) in [6.45, 7) is 5.60. The molecule has 1 saturated heterocycles. The van der Waals surface area contributed by atoms with Crippen LogP contribution in [0.5, 0.6) is 0 Å². The zero-order valence-corrected chi connectivity index (χ0v) is 19.6. The Balaban J connectivity index is 1.24. The quantitative estimate of drug-likeness (QED) is 0.500. The monoisotopic (exact) mass is 438 g/mol. The molecule has 0 atom stereocenters. The fraction of sp³-hybridized carbons (Fsp3) is 0.433. The van der Waals surface area contributed by atoms with Crippen LogP contribution < -0.4 is 4.90 Å². The van der Waals surface area contributed by atoms with Crippen LogP contribution in [0.1, 0.15) is 60.0 Å². The molecule has 1 heterocycles. The molecule has 0 bridgehead atoms. The summed E-state index contributed by atoms with van der Waals surface area (Å²) in [7, 11) is 0. The van der Waals surface area contributed by atoms with Gasteiger partial charge < -0.3 is 9.80 Å². The number of ketones is 1. The SMILES string of the molecule is O=C1Cc2ccc(N3CCCN(CC4(c5ccccc5)CCCCC4)CC3)c3cccc1c23. The maximum Gasteiger partial charge on any atom is 0.167 e. The fourth-order valence-corrected chi connectivity index (χ4v) is 6.74. The van der Waals surface area contributed by atoms with Crippen molar-refractivity contribution in [1.29, 1.82) is 0 Å². The summed E-state index contributed by atoms with van der Waals surface area (Å²) in [6, 6.07) is 22.1. The van der Waals surface area contributed by atoms with Gasteiger partial charge in [-0.3, -0.25) is 4.79 Å². The number of anilines is 1. The lowest BCUT2D eigenvalue weighted by molar-refractivity contribution is 0.1000. The average Bonchev–Trinajstić information content (AvgIpc) is 3.03. The molecule has 3 aromatic carbocycles. The van der Waals surface area contributed by atoms with E-state index in [2.05, 4.69) is 64.4 Å². The maximum atomic E-state index is 12.4. The van der Waals surface area contributed by atoms with Crippen LogP contribution in [0.4, 0.5) is 5.69 Å². The summed E-state index contributed by atoms with van der Waals surface area (Å²) in [6.07, 6.45) is 8.48. The Morgan fingerprint density at radius 2 is 1.61 bits per heavy atom. The minimum absolute atomic E-state index is 0.272. The number of carbonyl (C=O) groups is 1. The Bertz CT molecular complexity index is 1160. The molecule has 170 valence electrons. The predicted molar refractivity (Wildman–Crippen MR) is 136 cm³/mol. The molecule has 3 heteroatoms. The normalized spacial score (nSPS) is 20.8. The van der Waals surface area contributed by atoms with Gasteiger partial charge >= 0.3 is 0 Å². The van der Waals surface area contributed by atoms with Gasteiger partial charge in [0.1, 0.15) is 0 Å². The second-order valence-electron chi connectivity index (χ2n) is 10.4. The van der Waals surface area contributed by atoms with E-state index < -0.39 is 0 Å². The fourth-order valence-electron chi connectivity index (χ4n) is 6.74. The molecule has 33 heavy (non-hydrogen) atoms. The van der Waals surface area contributed by atoms with Crippen LogP contribution in [0.2, 0.25) is 0 Å². The lowest BCUT2D eigenvalue weighted by Gasteiger charge is -2.41. The molecule has 1 aliphatic heterocycles. The molecule has 0 spiro atoms. The lowest BCUT2D eigenvalue weighted by Crippen LogP contribution is -2.43. The summed E-state index contributed by atoms with van der Waals surface area (Å²) < 4.78 is 0. The molecule has 3 aromatic rings. The predicted octanol–water partition coefficient (Wildman–Crippen LogP) is 5.99. The molecule has 3 aliphatic rings. The Morgan fingerprint density at radius 1 is 0.758 bits per heavy atom. The van der Waals surface area contributed by atoms with E-state index in [-0.39, 0.29) is 5.78 Å². The minimum Gasteiger partial charge on any atom is -0.370 e. The summed E-state index contributed by atoms with van der Waals surface area (Å²) in [5.41, 5.74) is 5.29. The van der Waals surface area contributed by atoms with Gasteiger partial charge in [-0.15, -0.1) is 0 Å². The van der Waals surface area contributed by atoms with Crippen LogP contribution in [0, 0.1) is 0 Å². The molecule has 3 nitrogen and oxygen atoms in total. The van der Waals surface area contributed by atoms with E-state index in [0.29, 0.717) is 11.8 Å². The molecule has 0 aromatic heterocycles. The number of hydrogen-bond donors (Lipinski definition) is 0. The molecular weight excluding hydrogens is 404 g/mol. The van der Waals surface area contributed by atoms with Gasteiger partial charge in [0.15, 0.2) is 5.78 Å². The number of carbonyl (C=O) groups excluding carboxylic acids is 1. The molecule has 1 saturated carbocycles. The van der Waals surface area contributed by atoms with Crippen LogP contribution in [0.3, 0.4) is 0 Å². The topological polar surface area (TPSA) is 23.6 Å². The van der Waals surface area contributed by atoms with Gasteiger partial charge in [0.05, 0.1) is 0 Å². The molecule has 0 unspecified atom stereocenters. The highest BCUT2D eigenvalue weighted by atomic mass is 16.1. The first-order valence-corrected chi connectivity index (χ1v) is 12.8. The Kier molecular flexibility index (Phi) is 5.46. The van der Waals surface area contributed by atoms with Crippen molar-refractivity contribution in [3.8, 4) is 0 Å². The molecular formula is C30H34N2O. The average molecular weight is 439 g/mol. The van der Waals surface area contributed by atoms with Gasteiger partial charge in [0, 0.05) is 54.7 Å². The Morgan fingerprint density at radius 3 is 2.45 bits per heavy atom. The molecule has 0 amide bonds. The first kappa shape index (κ1) is 20.9. The number of rotatable bonds is 4. The number of nitrogens with zero attached hydrogens (tertiary/aromatic N) is 2. The first-order chi connectivity index (χ1) is 16.2. The number of Topliss-reactive ketones (excluding diaryl/α,β-unsaturated/α-hetero) is 1. The van der Waals surface area contributed by atoms with Gasteiger partial charge in [-0.25, -0.2) is 0 Å². The molecule has 0 N–H and O–H groups in total. The van der Waals surface area contributed by atoms with Crippen molar-refractivity contribution >= 4 is 22.2 Å². The highest BCUT2D eigenvalue weighted by molar-refractivity contribution is 6.17. The minimum atomic E-state index is 0.272. The standard InChI is InChI=1S/C30H34N2O/c33-28-21-23-13-14-27(25-11-7-12-26(28)29(23)25)32-18-8-17-31(19-20-32)22-30(15-5-2-6-16-30)24-9-3-1-4-10-24/h1,3-4,7,9-14H,2,5-6,8,15-22H2. The van der Waals surface area contributed by atoms with E-state index in [9.17, 15) is 4.79 Å². The van der Waals surface area contributed by atoms with Crippen LogP contribution in [0.15, 0.2) is 60.7 Å². The third-order valence-electron chi connectivity index (χ3n) is 8.41. The van der Waals surface area contributed by atoms with E-state index in [1.54, 1.807) is 5.56 Å². The maximum absolute atomic E-state index is 12.4. The smallest absolute Gasteiger partial charge is 0.167 e. The van der Waals surface area contributed by atoms with Gasteiger partial charge in [-0.1, -0.05) is 73.9 Å². The van der Waals surface area contributed by atoms with E-state index >= 15 is 0 Å². The molecule has 6 rings (SSSR count). The van der Waals surface area contributed by atoms with Crippen molar-refractivity contribution < 1.29 is 4.79 Å². The van der Waals surface area contributed by atoms with Crippen LogP contribution in [0.25, 0.3) is 10.8 Å². The van der Waals surface area contributed by atoms with Crippen molar-refractivity contribution in [2.45, 2.75) is 50.4 Å². The zero-order chi connectivity index (χ0) is 22.3. The van der Waals surface area contributed by atoms with Crippen LogP contribution >= 0.6 is 0 Å². The second-order valence-corrected chi connectivity index (χ2v) is 10.4. The van der Waals surface area contributed by atoms with Crippen LogP contribution in [-0.2, 0) is 11.8 Å². The van der Waals surface area contributed by atoms with Gasteiger partial charge in [-0.05, 0) is 48.4 Å². The van der Waals surface area contributed by atoms with Crippen molar-refractivity contribution in [1.82, 2.24) is 4.90 Å². The Labute approximate surface area is 197 Å². The van der Waals surface area contributed by atoms with Crippen molar-refractivity contribution in [2.75, 3.05) is 37.6 Å². The van der Waals surface area contributed by atoms with E-state index in [1.807, 2.05) is 6.07 Å². The van der Waals surface area contributed by atoms with Gasteiger partial charge in [0.2, 0.25) is 0 Å². The molecule has 2 aliphatic carbocycles. The third-order valence-corrected chi connectivity index (χ3v) is 8.41. The van der Waals surface area contributed by atoms with E-state index in [1.165, 1.54) is 73.6 Å². The largest absolute Gasteiger partial charge is 0.370 e. The highest BCUT2D eigenvalue weighted by Crippen LogP contribution is 2.41. The summed E-state index contributed by atoms with van der Waals surface area (Å²) in [5.74, 6) is 0.272. The van der Waals surface area contributed by atoms with Gasteiger partial charge in [0.25, 0.3) is 0 Å². The first-order valence-electron chi connectivity index (χ1n) is 12.8. The summed E-state index contributed by atoms with van der Waals surface area (Å²) >= 11 is 0. The molecule has 0 radical (unpaired) electrons. The van der Waals surface area contributed by atoms with Crippen LogP contribution in [-0.4, -0.2) is 43.4 Å².